The van der Waals surface area contributed by atoms with Crippen molar-refractivity contribution in [3.05, 3.63) is 24.0 Å². The highest BCUT2D eigenvalue weighted by molar-refractivity contribution is 6.02. The second-order valence-electron chi connectivity index (χ2n) is 5.47. The van der Waals surface area contributed by atoms with Gasteiger partial charge < -0.3 is 15.8 Å². The van der Waals surface area contributed by atoms with Gasteiger partial charge in [-0.25, -0.2) is 0 Å². The molecule has 19 heavy (non-hydrogen) atoms. The summed E-state index contributed by atoms with van der Waals surface area (Å²) >= 11 is 0. The third kappa shape index (κ3) is 2.13. The van der Waals surface area contributed by atoms with Gasteiger partial charge in [0.15, 0.2) is 5.84 Å². The molecule has 1 aromatic heterocycles. The number of rotatable bonds is 2. The van der Waals surface area contributed by atoms with Gasteiger partial charge in [-0.2, -0.15) is 0 Å². The van der Waals surface area contributed by atoms with Crippen LogP contribution in [0.4, 0.5) is 5.69 Å². The Bertz CT molecular complexity index is 488. The molecule has 2 heterocycles. The quantitative estimate of drug-likeness (QED) is 0.369. The summed E-state index contributed by atoms with van der Waals surface area (Å²) in [6.07, 6.45) is 10.0. The molecule has 0 aromatic carbocycles. The molecule has 1 aliphatic heterocycles. The SMILES string of the molecule is N/C(=N/O)c1ccncc1N1CCC2CCCCC21. The molecule has 1 saturated carbocycles. The van der Waals surface area contributed by atoms with E-state index in [1.807, 2.05) is 12.3 Å². The predicted octanol–water partition coefficient (Wildman–Crippen LogP) is 1.95. The van der Waals surface area contributed by atoms with E-state index in [0.717, 1.165) is 23.7 Å². The van der Waals surface area contributed by atoms with Crippen LogP contribution < -0.4 is 10.6 Å². The molecule has 3 N–H and O–H groups in total. The molecule has 5 nitrogen and oxygen atoms in total. The van der Waals surface area contributed by atoms with E-state index >= 15 is 0 Å². The second kappa shape index (κ2) is 5.07. The number of nitrogens with zero attached hydrogens (tertiary/aromatic N) is 3. The van der Waals surface area contributed by atoms with Gasteiger partial charge in [0.2, 0.25) is 0 Å². The van der Waals surface area contributed by atoms with Gasteiger partial charge in [-0.05, 0) is 31.2 Å². The Balaban J connectivity index is 1.94. The predicted molar refractivity (Wildman–Crippen MR) is 74.5 cm³/mol. The van der Waals surface area contributed by atoms with Crippen molar-refractivity contribution in [2.45, 2.75) is 38.1 Å². The summed E-state index contributed by atoms with van der Waals surface area (Å²) in [5.74, 6) is 0.964. The van der Waals surface area contributed by atoms with Crippen molar-refractivity contribution in [1.29, 1.82) is 0 Å². The number of anilines is 1. The van der Waals surface area contributed by atoms with Crippen LogP contribution in [0.15, 0.2) is 23.6 Å². The van der Waals surface area contributed by atoms with Gasteiger partial charge in [-0.1, -0.05) is 18.0 Å². The summed E-state index contributed by atoms with van der Waals surface area (Å²) in [6, 6.07) is 2.42. The molecule has 1 saturated heterocycles. The van der Waals surface area contributed by atoms with Gasteiger partial charge in [0.1, 0.15) is 0 Å². The first kappa shape index (κ1) is 12.3. The molecule has 0 bridgehead atoms. The lowest BCUT2D eigenvalue weighted by Crippen LogP contribution is -2.36. The van der Waals surface area contributed by atoms with Crippen molar-refractivity contribution in [2.75, 3.05) is 11.4 Å². The van der Waals surface area contributed by atoms with Gasteiger partial charge in [0.05, 0.1) is 11.9 Å². The number of amidine groups is 1. The highest BCUT2D eigenvalue weighted by Crippen LogP contribution is 2.39. The molecular formula is C14H20N4O. The number of nitrogens with two attached hydrogens (primary N) is 1. The highest BCUT2D eigenvalue weighted by atomic mass is 16.4. The van der Waals surface area contributed by atoms with E-state index in [0.29, 0.717) is 6.04 Å². The maximum atomic E-state index is 8.91. The van der Waals surface area contributed by atoms with Crippen LogP contribution in [0.2, 0.25) is 0 Å². The topological polar surface area (TPSA) is 74.7 Å². The van der Waals surface area contributed by atoms with Gasteiger partial charge in [-0.3, -0.25) is 4.98 Å². The Morgan fingerprint density at radius 1 is 1.37 bits per heavy atom. The maximum Gasteiger partial charge on any atom is 0.172 e. The summed E-state index contributed by atoms with van der Waals surface area (Å²) in [5.41, 5.74) is 7.56. The number of pyridine rings is 1. The molecule has 2 aliphatic rings. The zero-order valence-corrected chi connectivity index (χ0v) is 11.0. The molecule has 2 atom stereocenters. The van der Waals surface area contributed by atoms with Crippen molar-refractivity contribution >= 4 is 11.5 Å². The summed E-state index contributed by atoms with van der Waals surface area (Å²) in [4.78, 5) is 6.62. The second-order valence-corrected chi connectivity index (χ2v) is 5.47. The van der Waals surface area contributed by atoms with Crippen molar-refractivity contribution in [3.63, 3.8) is 0 Å². The molecule has 102 valence electrons. The number of oxime groups is 1. The van der Waals surface area contributed by atoms with Gasteiger partial charge in [0, 0.05) is 24.3 Å². The lowest BCUT2D eigenvalue weighted by molar-refractivity contribution is 0.318. The Hall–Kier alpha value is -1.78. The van der Waals surface area contributed by atoms with E-state index in [9.17, 15) is 0 Å². The fourth-order valence-corrected chi connectivity index (χ4v) is 3.59. The minimum atomic E-state index is 0.164. The number of hydrogen-bond acceptors (Lipinski definition) is 4. The van der Waals surface area contributed by atoms with Gasteiger partial charge >= 0.3 is 0 Å². The average molecular weight is 260 g/mol. The molecule has 0 spiro atoms. The Labute approximate surface area is 113 Å². The summed E-state index contributed by atoms with van der Waals surface area (Å²) in [7, 11) is 0. The van der Waals surface area contributed by atoms with E-state index < -0.39 is 0 Å². The molecule has 0 radical (unpaired) electrons. The smallest absolute Gasteiger partial charge is 0.172 e. The average Bonchev–Trinajstić information content (AvgIpc) is 2.90. The monoisotopic (exact) mass is 260 g/mol. The van der Waals surface area contributed by atoms with E-state index in [4.69, 9.17) is 10.9 Å². The van der Waals surface area contributed by atoms with Crippen molar-refractivity contribution < 1.29 is 5.21 Å². The molecule has 3 rings (SSSR count). The van der Waals surface area contributed by atoms with Crippen LogP contribution >= 0.6 is 0 Å². The Kier molecular flexibility index (Phi) is 3.27. The Morgan fingerprint density at radius 3 is 3.05 bits per heavy atom. The van der Waals surface area contributed by atoms with Crippen molar-refractivity contribution in [1.82, 2.24) is 4.98 Å². The standard InChI is InChI=1S/C14H20N4O/c15-14(17-19)11-5-7-16-9-13(11)18-8-6-10-3-1-2-4-12(10)18/h5,7,9-10,12,19H,1-4,6,8H2,(H2,15,17). The Morgan fingerprint density at radius 2 is 2.21 bits per heavy atom. The lowest BCUT2D eigenvalue weighted by atomic mass is 9.85. The first-order chi connectivity index (χ1) is 9.31. The summed E-state index contributed by atoms with van der Waals surface area (Å²) < 4.78 is 0. The van der Waals surface area contributed by atoms with E-state index in [1.165, 1.54) is 32.1 Å². The number of hydrogen-bond donors (Lipinski definition) is 2. The third-order valence-corrected chi connectivity index (χ3v) is 4.50. The van der Waals surface area contributed by atoms with Gasteiger partial charge in [-0.15, -0.1) is 0 Å². The molecule has 1 aromatic rings. The maximum absolute atomic E-state index is 8.91. The van der Waals surface area contributed by atoms with Crippen LogP contribution in [0.3, 0.4) is 0 Å². The minimum absolute atomic E-state index is 0.164. The summed E-state index contributed by atoms with van der Waals surface area (Å²) in [5, 5.41) is 12.0. The van der Waals surface area contributed by atoms with Crippen LogP contribution in [0.5, 0.6) is 0 Å². The largest absolute Gasteiger partial charge is 0.409 e. The van der Waals surface area contributed by atoms with Crippen LogP contribution in [-0.4, -0.2) is 28.6 Å². The van der Waals surface area contributed by atoms with E-state index in [1.54, 1.807) is 6.20 Å². The van der Waals surface area contributed by atoms with Crippen molar-refractivity contribution in [3.8, 4) is 0 Å². The zero-order valence-electron chi connectivity index (χ0n) is 11.0. The number of fused-ring (bicyclic) bond motifs is 1. The highest BCUT2D eigenvalue weighted by Gasteiger charge is 2.36. The van der Waals surface area contributed by atoms with Crippen LogP contribution in [0, 0.1) is 5.92 Å². The van der Waals surface area contributed by atoms with E-state index in [2.05, 4.69) is 15.0 Å². The van der Waals surface area contributed by atoms with Crippen molar-refractivity contribution in [2.24, 2.45) is 16.8 Å². The fourth-order valence-electron chi connectivity index (χ4n) is 3.59. The molecule has 1 aliphatic carbocycles. The number of aromatic nitrogens is 1. The first-order valence-corrected chi connectivity index (χ1v) is 7.00. The molecule has 0 amide bonds. The minimum Gasteiger partial charge on any atom is -0.409 e. The zero-order chi connectivity index (χ0) is 13.2. The first-order valence-electron chi connectivity index (χ1n) is 7.00. The van der Waals surface area contributed by atoms with Crippen LogP contribution in [0.25, 0.3) is 0 Å². The summed E-state index contributed by atoms with van der Waals surface area (Å²) in [6.45, 7) is 1.05. The molecular weight excluding hydrogens is 240 g/mol. The van der Waals surface area contributed by atoms with E-state index in [-0.39, 0.29) is 5.84 Å². The molecule has 2 fully saturated rings. The van der Waals surface area contributed by atoms with Crippen LogP contribution in [0.1, 0.15) is 37.7 Å². The molecule has 2 unspecified atom stereocenters. The fraction of sp³-hybridized carbons (Fsp3) is 0.571. The van der Waals surface area contributed by atoms with Gasteiger partial charge in [0.25, 0.3) is 0 Å². The lowest BCUT2D eigenvalue weighted by Gasteiger charge is -2.33. The van der Waals surface area contributed by atoms with Crippen LogP contribution in [-0.2, 0) is 0 Å². The molecule has 5 heteroatoms. The normalized spacial score (nSPS) is 27.4. The third-order valence-electron chi connectivity index (χ3n) is 4.50.